The zero-order chi connectivity index (χ0) is 13.7. The molecule has 0 aliphatic heterocycles. The fraction of sp³-hybridized carbons (Fsp3) is 0.417. The lowest BCUT2D eigenvalue weighted by Crippen LogP contribution is -2.35. The van der Waals surface area contributed by atoms with Crippen LogP contribution in [0.3, 0.4) is 0 Å². The number of nitrogens with one attached hydrogen (secondary N) is 1. The maximum atomic E-state index is 12.3. The number of nitrogens with two attached hydrogens (primary N) is 1. The van der Waals surface area contributed by atoms with Crippen LogP contribution in [0.25, 0.3) is 0 Å². The monoisotopic (exact) mass is 332 g/mol. The number of rotatable bonds is 5. The number of nitrogen functional groups attached to an aromatic ring is 1. The van der Waals surface area contributed by atoms with Gasteiger partial charge >= 0.3 is 0 Å². The molecule has 0 aliphatic carbocycles. The molecule has 3 N–H and O–H groups in total. The smallest absolute Gasteiger partial charge is 0.235 e. The van der Waals surface area contributed by atoms with E-state index in [0.29, 0.717) is 21.6 Å². The molecule has 0 radical (unpaired) electrons. The lowest BCUT2D eigenvalue weighted by atomic mass is 10.3. The third-order valence-corrected chi connectivity index (χ3v) is 4.98. The highest BCUT2D eigenvalue weighted by Crippen LogP contribution is 2.24. The van der Waals surface area contributed by atoms with Crippen LogP contribution < -0.4 is 11.1 Å². The Morgan fingerprint density at radius 3 is 2.78 bits per heavy atom. The number of hydrogen-bond acceptors (Lipinski definition) is 3. The molecule has 18 heavy (non-hydrogen) atoms. The molecule has 2 unspecified atom stereocenters. The summed E-state index contributed by atoms with van der Waals surface area (Å²) in [5, 5.41) is 2.16. The van der Waals surface area contributed by atoms with Gasteiger partial charge in [-0.3, -0.25) is 9.00 Å². The Bertz CT molecular complexity index is 465. The van der Waals surface area contributed by atoms with E-state index in [1.807, 2.05) is 6.92 Å². The summed E-state index contributed by atoms with van der Waals surface area (Å²) in [4.78, 5) is 12.3. The SMILES string of the molecule is CCCNC(=O)C(C)S(=O)c1ccc(N)cc1Br. The first kappa shape index (κ1) is 15.2. The first-order valence-corrected chi connectivity index (χ1v) is 7.71. The average molecular weight is 333 g/mol. The molecule has 1 aromatic carbocycles. The molecule has 1 aromatic rings. The maximum Gasteiger partial charge on any atom is 0.235 e. The van der Waals surface area contributed by atoms with Crippen LogP contribution in [0.2, 0.25) is 0 Å². The zero-order valence-electron chi connectivity index (χ0n) is 10.4. The minimum atomic E-state index is -1.40. The predicted octanol–water partition coefficient (Wildman–Crippen LogP) is 2.05. The van der Waals surface area contributed by atoms with Gasteiger partial charge in [0.1, 0.15) is 5.25 Å². The van der Waals surface area contributed by atoms with Gasteiger partial charge in [-0.05, 0) is 47.5 Å². The van der Waals surface area contributed by atoms with Crippen molar-refractivity contribution in [1.82, 2.24) is 5.32 Å². The fourth-order valence-corrected chi connectivity index (χ4v) is 3.35. The molecule has 0 heterocycles. The second-order valence-corrected chi connectivity index (χ2v) is 6.52. The third-order valence-electron chi connectivity index (χ3n) is 2.41. The molecule has 1 rings (SSSR count). The Balaban J connectivity index is 2.83. The van der Waals surface area contributed by atoms with E-state index < -0.39 is 16.0 Å². The number of anilines is 1. The predicted molar refractivity (Wildman–Crippen MR) is 77.7 cm³/mol. The van der Waals surface area contributed by atoms with Crippen molar-refractivity contribution < 1.29 is 9.00 Å². The topological polar surface area (TPSA) is 72.2 Å². The molecule has 2 atom stereocenters. The Morgan fingerprint density at radius 1 is 1.56 bits per heavy atom. The van der Waals surface area contributed by atoms with Crippen molar-refractivity contribution in [2.24, 2.45) is 0 Å². The molecule has 0 bridgehead atoms. The number of benzene rings is 1. The van der Waals surface area contributed by atoms with Crippen molar-refractivity contribution in [3.63, 3.8) is 0 Å². The molecule has 100 valence electrons. The van der Waals surface area contributed by atoms with Crippen molar-refractivity contribution in [1.29, 1.82) is 0 Å². The van der Waals surface area contributed by atoms with Gasteiger partial charge in [-0.15, -0.1) is 0 Å². The average Bonchev–Trinajstić information content (AvgIpc) is 2.34. The van der Waals surface area contributed by atoms with Crippen LogP contribution in [-0.4, -0.2) is 21.9 Å². The number of hydrogen-bond donors (Lipinski definition) is 2. The van der Waals surface area contributed by atoms with Gasteiger partial charge in [-0.2, -0.15) is 0 Å². The summed E-state index contributed by atoms with van der Waals surface area (Å²) >= 11 is 3.31. The van der Waals surface area contributed by atoms with E-state index in [2.05, 4.69) is 21.2 Å². The molecular weight excluding hydrogens is 316 g/mol. The van der Waals surface area contributed by atoms with Crippen LogP contribution >= 0.6 is 15.9 Å². The first-order chi connectivity index (χ1) is 8.47. The summed E-state index contributed by atoms with van der Waals surface area (Å²) in [7, 11) is -1.40. The van der Waals surface area contributed by atoms with Crippen LogP contribution in [-0.2, 0) is 15.6 Å². The summed E-state index contributed by atoms with van der Waals surface area (Å²) < 4.78 is 12.9. The molecule has 0 fully saturated rings. The highest BCUT2D eigenvalue weighted by atomic mass is 79.9. The van der Waals surface area contributed by atoms with E-state index in [4.69, 9.17) is 5.73 Å². The molecule has 0 aliphatic rings. The van der Waals surface area contributed by atoms with Crippen molar-refractivity contribution in [2.45, 2.75) is 30.4 Å². The Hall–Kier alpha value is -0.880. The second kappa shape index (κ2) is 6.89. The minimum Gasteiger partial charge on any atom is -0.399 e. The van der Waals surface area contributed by atoms with Gasteiger partial charge in [0.2, 0.25) is 5.91 Å². The van der Waals surface area contributed by atoms with Crippen molar-refractivity contribution in [3.8, 4) is 0 Å². The van der Waals surface area contributed by atoms with E-state index in [1.54, 1.807) is 25.1 Å². The van der Waals surface area contributed by atoms with Gasteiger partial charge < -0.3 is 11.1 Å². The molecule has 4 nitrogen and oxygen atoms in total. The Kier molecular flexibility index (Phi) is 5.81. The van der Waals surface area contributed by atoms with Crippen molar-refractivity contribution >= 4 is 38.3 Å². The largest absolute Gasteiger partial charge is 0.399 e. The lowest BCUT2D eigenvalue weighted by Gasteiger charge is -2.13. The van der Waals surface area contributed by atoms with Gasteiger partial charge in [0.15, 0.2) is 0 Å². The second-order valence-electron chi connectivity index (χ2n) is 3.92. The normalized spacial score (nSPS) is 13.9. The van der Waals surface area contributed by atoms with Crippen LogP contribution in [0.15, 0.2) is 27.6 Å². The quantitative estimate of drug-likeness (QED) is 0.810. The summed E-state index contributed by atoms with van der Waals surface area (Å²) in [5.74, 6) is -0.195. The van der Waals surface area contributed by atoms with Crippen LogP contribution in [0, 0.1) is 0 Å². The molecule has 6 heteroatoms. The minimum absolute atomic E-state index is 0.195. The van der Waals surface area contributed by atoms with Crippen LogP contribution in [0.5, 0.6) is 0 Å². The van der Waals surface area contributed by atoms with Gasteiger partial charge in [0.25, 0.3) is 0 Å². The highest BCUT2D eigenvalue weighted by Gasteiger charge is 2.22. The Labute approximate surface area is 118 Å². The van der Waals surface area contributed by atoms with Gasteiger partial charge in [0.05, 0.1) is 15.7 Å². The standard InChI is InChI=1S/C12H17BrN2O2S/c1-3-6-15-12(16)8(2)18(17)11-5-4-9(14)7-10(11)13/h4-5,7-8H,3,6,14H2,1-2H3,(H,15,16). The van der Waals surface area contributed by atoms with E-state index in [-0.39, 0.29) is 5.91 Å². The van der Waals surface area contributed by atoms with E-state index in [1.165, 1.54) is 0 Å². The van der Waals surface area contributed by atoms with Crippen LogP contribution in [0.1, 0.15) is 20.3 Å². The molecular formula is C12H17BrN2O2S. The number of carbonyl (C=O) groups excluding carboxylic acids is 1. The lowest BCUT2D eigenvalue weighted by molar-refractivity contribution is -0.120. The molecule has 0 saturated heterocycles. The number of carbonyl (C=O) groups is 1. The van der Waals surface area contributed by atoms with Gasteiger partial charge in [-0.25, -0.2) is 0 Å². The third kappa shape index (κ3) is 3.81. The Morgan fingerprint density at radius 2 is 2.22 bits per heavy atom. The van der Waals surface area contributed by atoms with Crippen molar-refractivity contribution in [3.05, 3.63) is 22.7 Å². The zero-order valence-corrected chi connectivity index (χ0v) is 12.8. The summed E-state index contributed by atoms with van der Waals surface area (Å²) in [6, 6.07) is 5.04. The van der Waals surface area contributed by atoms with Gasteiger partial charge in [-0.1, -0.05) is 6.92 Å². The number of amides is 1. The molecule has 0 saturated carbocycles. The van der Waals surface area contributed by atoms with E-state index in [0.717, 1.165) is 6.42 Å². The summed E-state index contributed by atoms with van der Waals surface area (Å²) in [6.45, 7) is 4.23. The first-order valence-electron chi connectivity index (χ1n) is 5.70. The summed E-state index contributed by atoms with van der Waals surface area (Å²) in [6.07, 6.45) is 0.858. The van der Waals surface area contributed by atoms with E-state index >= 15 is 0 Å². The maximum absolute atomic E-state index is 12.3. The number of halogens is 1. The van der Waals surface area contributed by atoms with Gasteiger partial charge in [0, 0.05) is 16.7 Å². The molecule has 1 amide bonds. The summed E-state index contributed by atoms with van der Waals surface area (Å²) in [5.41, 5.74) is 6.21. The molecule has 0 spiro atoms. The van der Waals surface area contributed by atoms with E-state index in [9.17, 15) is 9.00 Å². The molecule has 0 aromatic heterocycles. The highest BCUT2D eigenvalue weighted by molar-refractivity contribution is 9.10. The van der Waals surface area contributed by atoms with Crippen molar-refractivity contribution in [2.75, 3.05) is 12.3 Å². The van der Waals surface area contributed by atoms with Crippen LogP contribution in [0.4, 0.5) is 5.69 Å². The fourth-order valence-electron chi connectivity index (χ4n) is 1.36.